The number of aryl methyl sites for hydroxylation is 4. The molecule has 0 atom stereocenters. The minimum Gasteiger partial charge on any atom is -0.482 e. The lowest BCUT2D eigenvalue weighted by molar-refractivity contribution is -0.153. The number of hydrogen-bond acceptors (Lipinski definition) is 4. The number of benzene rings is 2. The van der Waals surface area contributed by atoms with Gasteiger partial charge in [0.15, 0.2) is 6.61 Å². The lowest BCUT2D eigenvalue weighted by atomic mass is 9.97. The van der Waals surface area contributed by atoms with Crippen LogP contribution in [0.25, 0.3) is 0 Å². The molecule has 2 aromatic carbocycles. The minimum absolute atomic E-state index is 0.0592. The highest BCUT2D eigenvalue weighted by atomic mass is 32.2. The summed E-state index contributed by atoms with van der Waals surface area (Å²) in [5, 5.41) is 2.65. The zero-order valence-corrected chi connectivity index (χ0v) is 20.4. The zero-order valence-electron chi connectivity index (χ0n) is 19.6. The number of carbonyl (C=O) groups is 1. The quantitative estimate of drug-likeness (QED) is 0.615. The molecule has 0 spiro atoms. The van der Waals surface area contributed by atoms with Crippen molar-refractivity contribution in [3.8, 4) is 5.75 Å². The van der Waals surface area contributed by atoms with Crippen LogP contribution in [0.4, 0.5) is 18.9 Å². The molecule has 0 unspecified atom stereocenters. The van der Waals surface area contributed by atoms with Gasteiger partial charge in [-0.15, -0.1) is 0 Å². The Kier molecular flexibility index (Phi) is 7.62. The van der Waals surface area contributed by atoms with E-state index < -0.39 is 28.7 Å². The Morgan fingerprint density at radius 1 is 1.03 bits per heavy atom. The molecule has 0 aromatic heterocycles. The lowest BCUT2D eigenvalue weighted by Crippen LogP contribution is -2.41. The topological polar surface area (TPSA) is 75.7 Å². The van der Waals surface area contributed by atoms with Crippen molar-refractivity contribution >= 4 is 21.6 Å². The second-order valence-corrected chi connectivity index (χ2v) is 10.7. The van der Waals surface area contributed by atoms with E-state index in [1.54, 1.807) is 26.8 Å². The van der Waals surface area contributed by atoms with Crippen LogP contribution in [0.15, 0.2) is 35.2 Å². The molecule has 1 heterocycles. The number of halogens is 3. The molecule has 2 aromatic rings. The highest BCUT2D eigenvalue weighted by Gasteiger charge is 2.34. The zero-order chi connectivity index (χ0) is 25.3. The van der Waals surface area contributed by atoms with E-state index in [1.165, 1.54) is 16.4 Å². The fourth-order valence-electron chi connectivity index (χ4n) is 4.31. The summed E-state index contributed by atoms with van der Waals surface area (Å²) >= 11 is 0. The van der Waals surface area contributed by atoms with E-state index in [-0.39, 0.29) is 30.4 Å². The molecule has 3 rings (SSSR count). The number of anilines is 1. The van der Waals surface area contributed by atoms with E-state index in [2.05, 4.69) is 5.32 Å². The molecule has 1 N–H and O–H groups in total. The largest absolute Gasteiger partial charge is 0.482 e. The molecule has 0 radical (unpaired) electrons. The number of nitrogens with zero attached hydrogens (tertiary/aromatic N) is 1. The molecular formula is C24H29F3N2O4S. The fraction of sp³-hybridized carbons (Fsp3) is 0.458. The number of sulfonamides is 1. The summed E-state index contributed by atoms with van der Waals surface area (Å²) < 4.78 is 70.5. The second kappa shape index (κ2) is 9.95. The van der Waals surface area contributed by atoms with Gasteiger partial charge in [-0.25, -0.2) is 8.42 Å². The number of nitrogens with one attached hydrogen (secondary N) is 1. The first-order valence-electron chi connectivity index (χ1n) is 11.0. The first-order valence-corrected chi connectivity index (χ1v) is 12.4. The summed E-state index contributed by atoms with van der Waals surface area (Å²) in [5.74, 6) is -0.903. The molecule has 6 nitrogen and oxygen atoms in total. The maximum Gasteiger partial charge on any atom is 0.422 e. The van der Waals surface area contributed by atoms with Crippen LogP contribution in [0.1, 0.15) is 35.1 Å². The average Bonchev–Trinajstić information content (AvgIpc) is 2.72. The Bertz CT molecular complexity index is 1150. The van der Waals surface area contributed by atoms with E-state index in [1.807, 2.05) is 19.1 Å². The highest BCUT2D eigenvalue weighted by Crippen LogP contribution is 2.31. The van der Waals surface area contributed by atoms with Crippen LogP contribution in [0.2, 0.25) is 0 Å². The summed E-state index contributed by atoms with van der Waals surface area (Å²) in [5.41, 5.74) is 3.20. The van der Waals surface area contributed by atoms with Gasteiger partial charge in [0.1, 0.15) is 5.75 Å². The molecule has 1 aliphatic rings. The van der Waals surface area contributed by atoms with E-state index in [4.69, 9.17) is 4.74 Å². The molecular weight excluding hydrogens is 469 g/mol. The van der Waals surface area contributed by atoms with Gasteiger partial charge >= 0.3 is 6.18 Å². The third-order valence-electron chi connectivity index (χ3n) is 5.81. The number of alkyl halides is 3. The maximum absolute atomic E-state index is 13.3. The van der Waals surface area contributed by atoms with Crippen molar-refractivity contribution in [1.29, 1.82) is 0 Å². The average molecular weight is 499 g/mol. The van der Waals surface area contributed by atoms with Crippen LogP contribution in [-0.2, 0) is 14.8 Å². The van der Waals surface area contributed by atoms with Crippen LogP contribution in [-0.4, -0.2) is 44.5 Å². The van der Waals surface area contributed by atoms with Crippen molar-refractivity contribution in [3.05, 3.63) is 52.6 Å². The SMILES string of the molecule is Cc1cc(C)c(S(=O)(=O)N2CCC(C(=O)Nc3ccc(C)cc3OCC(F)(F)F)CC2)c(C)c1. The van der Waals surface area contributed by atoms with Crippen molar-refractivity contribution in [2.75, 3.05) is 25.0 Å². The number of rotatable bonds is 6. The van der Waals surface area contributed by atoms with E-state index in [9.17, 15) is 26.4 Å². The predicted molar refractivity (Wildman–Crippen MR) is 123 cm³/mol. The Labute approximate surface area is 198 Å². The molecule has 0 bridgehead atoms. The molecule has 1 amide bonds. The van der Waals surface area contributed by atoms with Gasteiger partial charge in [-0.1, -0.05) is 23.8 Å². The summed E-state index contributed by atoms with van der Waals surface area (Å²) in [6.45, 7) is 6.05. The van der Waals surface area contributed by atoms with Gasteiger partial charge < -0.3 is 10.1 Å². The third kappa shape index (κ3) is 6.09. The molecule has 1 saturated heterocycles. The Balaban J connectivity index is 1.68. The first kappa shape index (κ1) is 26.0. The standard InChI is InChI=1S/C24H29F3N2O4S/c1-15-5-6-20(21(13-15)33-14-24(25,26)27)28-23(30)19-7-9-29(10-8-19)34(31,32)22-17(3)11-16(2)12-18(22)4/h5-6,11-13,19H,7-10,14H2,1-4H3,(H,28,30). The van der Waals surface area contributed by atoms with Crippen LogP contribution in [0.3, 0.4) is 0 Å². The van der Waals surface area contributed by atoms with Gasteiger partial charge in [0.2, 0.25) is 15.9 Å². The first-order chi connectivity index (χ1) is 15.8. The number of ether oxygens (including phenoxy) is 1. The molecule has 10 heteroatoms. The van der Waals surface area contributed by atoms with Gasteiger partial charge in [-0.05, 0) is 69.4 Å². The van der Waals surface area contributed by atoms with Gasteiger partial charge in [0, 0.05) is 19.0 Å². The summed E-state index contributed by atoms with van der Waals surface area (Å²) in [7, 11) is -3.71. The van der Waals surface area contributed by atoms with Crippen molar-refractivity contribution in [3.63, 3.8) is 0 Å². The predicted octanol–water partition coefficient (Wildman–Crippen LogP) is 4.90. The van der Waals surface area contributed by atoms with Gasteiger partial charge in [-0.2, -0.15) is 17.5 Å². The van der Waals surface area contributed by atoms with Crippen molar-refractivity contribution in [1.82, 2.24) is 4.31 Å². The molecule has 186 valence electrons. The maximum atomic E-state index is 13.3. The molecule has 0 aliphatic carbocycles. The van der Waals surface area contributed by atoms with Gasteiger partial charge in [0.25, 0.3) is 0 Å². The lowest BCUT2D eigenvalue weighted by Gasteiger charge is -2.31. The summed E-state index contributed by atoms with van der Waals surface area (Å²) in [6, 6.07) is 8.27. The molecule has 1 aliphatic heterocycles. The third-order valence-corrected chi connectivity index (χ3v) is 8.02. The number of hydrogen-bond donors (Lipinski definition) is 1. The van der Waals surface area contributed by atoms with E-state index >= 15 is 0 Å². The minimum atomic E-state index is -4.50. The molecule has 0 saturated carbocycles. The second-order valence-electron chi connectivity index (χ2n) is 8.80. The fourth-order valence-corrected chi connectivity index (χ4v) is 6.19. The summed E-state index contributed by atoms with van der Waals surface area (Å²) in [4.78, 5) is 13.1. The molecule has 1 fully saturated rings. The van der Waals surface area contributed by atoms with Gasteiger partial charge in [0.05, 0.1) is 10.6 Å². The Morgan fingerprint density at radius 2 is 1.62 bits per heavy atom. The van der Waals surface area contributed by atoms with Crippen molar-refractivity contribution in [2.45, 2.75) is 51.6 Å². The highest BCUT2D eigenvalue weighted by molar-refractivity contribution is 7.89. The summed E-state index contributed by atoms with van der Waals surface area (Å²) in [6.07, 6.45) is -3.89. The van der Waals surface area contributed by atoms with Crippen LogP contribution in [0, 0.1) is 33.6 Å². The number of carbonyl (C=O) groups excluding carboxylic acids is 1. The number of amides is 1. The Hall–Kier alpha value is -2.59. The Morgan fingerprint density at radius 3 is 2.18 bits per heavy atom. The van der Waals surface area contributed by atoms with Crippen LogP contribution in [0.5, 0.6) is 5.75 Å². The number of piperidine rings is 1. The van der Waals surface area contributed by atoms with Crippen molar-refractivity contribution < 1.29 is 31.1 Å². The van der Waals surface area contributed by atoms with Crippen LogP contribution < -0.4 is 10.1 Å². The van der Waals surface area contributed by atoms with Crippen LogP contribution >= 0.6 is 0 Å². The van der Waals surface area contributed by atoms with E-state index in [0.29, 0.717) is 34.4 Å². The normalized spacial score (nSPS) is 15.9. The van der Waals surface area contributed by atoms with E-state index in [0.717, 1.165) is 5.56 Å². The van der Waals surface area contributed by atoms with Gasteiger partial charge in [-0.3, -0.25) is 4.79 Å². The van der Waals surface area contributed by atoms with Crippen molar-refractivity contribution in [2.24, 2.45) is 5.92 Å². The molecule has 34 heavy (non-hydrogen) atoms. The smallest absolute Gasteiger partial charge is 0.422 e. The monoisotopic (exact) mass is 498 g/mol.